The molecule has 0 aliphatic heterocycles. The number of benzene rings is 1. The van der Waals surface area contributed by atoms with Gasteiger partial charge in [-0.2, -0.15) is 5.26 Å². The van der Waals surface area contributed by atoms with E-state index in [1.54, 1.807) is 12.4 Å². The highest BCUT2D eigenvalue weighted by molar-refractivity contribution is 5.88. The summed E-state index contributed by atoms with van der Waals surface area (Å²) >= 11 is 0. The van der Waals surface area contributed by atoms with Gasteiger partial charge in [0.1, 0.15) is 6.07 Å². The van der Waals surface area contributed by atoms with Crippen molar-refractivity contribution in [3.05, 3.63) is 41.7 Å². The van der Waals surface area contributed by atoms with Crippen molar-refractivity contribution in [1.82, 2.24) is 4.98 Å². The lowest BCUT2D eigenvalue weighted by Crippen LogP contribution is -1.85. The van der Waals surface area contributed by atoms with Gasteiger partial charge in [-0.3, -0.25) is 4.98 Å². The quantitative estimate of drug-likeness (QED) is 0.605. The first kappa shape index (κ1) is 7.75. The van der Waals surface area contributed by atoms with Gasteiger partial charge in [0.2, 0.25) is 0 Å². The summed E-state index contributed by atoms with van der Waals surface area (Å²) in [4.78, 5) is 4.01. The molecular formula is C11H8N2. The molecule has 0 spiro atoms. The maximum absolute atomic E-state index is 8.95. The number of fused-ring (bicyclic) bond motifs is 1. The highest BCUT2D eigenvalue weighted by atomic mass is 14.6. The number of rotatable bonds is 0. The molecule has 62 valence electrons. The van der Waals surface area contributed by atoms with E-state index in [1.807, 2.05) is 25.1 Å². The van der Waals surface area contributed by atoms with Crippen molar-refractivity contribution in [2.24, 2.45) is 0 Å². The summed E-state index contributed by atoms with van der Waals surface area (Å²) in [7, 11) is 0. The van der Waals surface area contributed by atoms with E-state index in [1.165, 1.54) is 0 Å². The largest absolute Gasteiger partial charge is 0.264 e. The predicted molar refractivity (Wildman–Crippen MR) is 51.2 cm³/mol. The molecule has 0 unspecified atom stereocenters. The van der Waals surface area contributed by atoms with Crippen molar-refractivity contribution < 1.29 is 0 Å². The van der Waals surface area contributed by atoms with Gasteiger partial charge in [-0.15, -0.1) is 0 Å². The van der Waals surface area contributed by atoms with E-state index < -0.39 is 0 Å². The minimum Gasteiger partial charge on any atom is -0.264 e. The third kappa shape index (κ3) is 1.15. The minimum atomic E-state index is 0.750. The van der Waals surface area contributed by atoms with E-state index in [9.17, 15) is 0 Å². The van der Waals surface area contributed by atoms with Crippen LogP contribution in [-0.2, 0) is 0 Å². The van der Waals surface area contributed by atoms with Crippen molar-refractivity contribution in [1.29, 1.82) is 5.26 Å². The Morgan fingerprint density at radius 2 is 2.15 bits per heavy atom. The van der Waals surface area contributed by atoms with Crippen LogP contribution in [0.15, 0.2) is 30.6 Å². The average molecular weight is 168 g/mol. The zero-order valence-corrected chi connectivity index (χ0v) is 7.28. The molecule has 0 fully saturated rings. The zero-order valence-electron chi connectivity index (χ0n) is 7.28. The second-order valence-electron chi connectivity index (χ2n) is 2.97. The Balaban J connectivity index is 2.94. The molecule has 2 rings (SSSR count). The summed E-state index contributed by atoms with van der Waals surface area (Å²) in [6.07, 6.45) is 3.48. The zero-order chi connectivity index (χ0) is 9.26. The molecule has 2 nitrogen and oxygen atoms in total. The lowest BCUT2D eigenvalue weighted by molar-refractivity contribution is 1.35. The van der Waals surface area contributed by atoms with Crippen molar-refractivity contribution >= 4 is 10.8 Å². The summed E-state index contributed by atoms with van der Waals surface area (Å²) < 4.78 is 0. The molecule has 0 bridgehead atoms. The van der Waals surface area contributed by atoms with Gasteiger partial charge in [0, 0.05) is 23.2 Å². The molecule has 2 heteroatoms. The molecule has 1 heterocycles. The molecule has 0 radical (unpaired) electrons. The standard InChI is InChI=1S/C11H8N2/c1-8-2-3-9-7-13-5-4-10(9)11(8)6-12/h2-5,7H,1H3. The first-order valence-electron chi connectivity index (χ1n) is 4.06. The van der Waals surface area contributed by atoms with E-state index in [0.717, 1.165) is 21.9 Å². The normalized spacial score (nSPS) is 9.85. The van der Waals surface area contributed by atoms with Crippen LogP contribution in [0.3, 0.4) is 0 Å². The van der Waals surface area contributed by atoms with Crippen LogP contribution in [0.1, 0.15) is 11.1 Å². The van der Waals surface area contributed by atoms with Crippen LogP contribution in [0.2, 0.25) is 0 Å². The Labute approximate surface area is 76.5 Å². The minimum absolute atomic E-state index is 0.750. The molecule has 0 amide bonds. The molecule has 0 aliphatic carbocycles. The number of hydrogen-bond acceptors (Lipinski definition) is 2. The lowest BCUT2D eigenvalue weighted by Gasteiger charge is -2.01. The topological polar surface area (TPSA) is 36.7 Å². The highest BCUT2D eigenvalue weighted by Gasteiger charge is 2.02. The van der Waals surface area contributed by atoms with Crippen LogP contribution in [0, 0.1) is 18.3 Å². The van der Waals surface area contributed by atoms with Crippen LogP contribution in [0.25, 0.3) is 10.8 Å². The van der Waals surface area contributed by atoms with Gasteiger partial charge in [-0.05, 0) is 18.6 Å². The molecule has 0 saturated heterocycles. The van der Waals surface area contributed by atoms with Crippen LogP contribution in [0.5, 0.6) is 0 Å². The van der Waals surface area contributed by atoms with Crippen molar-refractivity contribution in [3.8, 4) is 6.07 Å². The Kier molecular flexibility index (Phi) is 1.71. The summed E-state index contributed by atoms with van der Waals surface area (Å²) in [5.74, 6) is 0. The molecular weight excluding hydrogens is 160 g/mol. The Hall–Kier alpha value is -1.88. The average Bonchev–Trinajstić information content (AvgIpc) is 2.18. The first-order valence-corrected chi connectivity index (χ1v) is 4.06. The monoisotopic (exact) mass is 168 g/mol. The van der Waals surface area contributed by atoms with Crippen molar-refractivity contribution in [2.45, 2.75) is 6.92 Å². The molecule has 13 heavy (non-hydrogen) atoms. The fourth-order valence-electron chi connectivity index (χ4n) is 1.43. The van der Waals surface area contributed by atoms with Gasteiger partial charge in [-0.1, -0.05) is 12.1 Å². The molecule has 1 aromatic carbocycles. The third-order valence-electron chi connectivity index (χ3n) is 2.14. The summed E-state index contributed by atoms with van der Waals surface area (Å²) in [5, 5.41) is 10.9. The van der Waals surface area contributed by atoms with Gasteiger partial charge < -0.3 is 0 Å². The smallest absolute Gasteiger partial charge is 0.100 e. The van der Waals surface area contributed by atoms with E-state index in [2.05, 4.69) is 11.1 Å². The second-order valence-corrected chi connectivity index (χ2v) is 2.97. The van der Waals surface area contributed by atoms with Crippen LogP contribution >= 0.6 is 0 Å². The number of aryl methyl sites for hydroxylation is 1. The van der Waals surface area contributed by atoms with E-state index >= 15 is 0 Å². The second kappa shape index (κ2) is 2.87. The molecule has 0 N–H and O–H groups in total. The number of nitrogens with zero attached hydrogens (tertiary/aromatic N) is 2. The van der Waals surface area contributed by atoms with E-state index in [-0.39, 0.29) is 0 Å². The third-order valence-corrected chi connectivity index (χ3v) is 2.14. The van der Waals surface area contributed by atoms with E-state index in [4.69, 9.17) is 5.26 Å². The molecule has 0 atom stereocenters. The predicted octanol–water partition coefficient (Wildman–Crippen LogP) is 2.41. The number of aromatic nitrogens is 1. The van der Waals surface area contributed by atoms with E-state index in [0.29, 0.717) is 0 Å². The summed E-state index contributed by atoms with van der Waals surface area (Å²) in [5.41, 5.74) is 1.76. The maximum Gasteiger partial charge on any atom is 0.100 e. The number of nitriles is 1. The molecule has 0 aliphatic rings. The van der Waals surface area contributed by atoms with Gasteiger partial charge in [0.05, 0.1) is 5.56 Å². The van der Waals surface area contributed by atoms with Crippen LogP contribution < -0.4 is 0 Å². The molecule has 1 aromatic heterocycles. The summed E-state index contributed by atoms with van der Waals surface area (Å²) in [6.45, 7) is 1.94. The van der Waals surface area contributed by atoms with Gasteiger partial charge in [-0.25, -0.2) is 0 Å². The molecule has 0 saturated carbocycles. The first-order chi connectivity index (χ1) is 6.33. The fourth-order valence-corrected chi connectivity index (χ4v) is 1.43. The van der Waals surface area contributed by atoms with Crippen molar-refractivity contribution in [3.63, 3.8) is 0 Å². The van der Waals surface area contributed by atoms with Gasteiger partial charge in [0.25, 0.3) is 0 Å². The Morgan fingerprint density at radius 3 is 2.92 bits per heavy atom. The van der Waals surface area contributed by atoms with Crippen LogP contribution in [0.4, 0.5) is 0 Å². The Morgan fingerprint density at radius 1 is 1.31 bits per heavy atom. The maximum atomic E-state index is 8.95. The van der Waals surface area contributed by atoms with Gasteiger partial charge in [0.15, 0.2) is 0 Å². The number of hydrogen-bond donors (Lipinski definition) is 0. The lowest BCUT2D eigenvalue weighted by atomic mass is 10.0. The highest BCUT2D eigenvalue weighted by Crippen LogP contribution is 2.19. The molecule has 2 aromatic rings. The summed E-state index contributed by atoms with van der Waals surface area (Å²) in [6, 6.07) is 8.02. The number of pyridine rings is 1. The van der Waals surface area contributed by atoms with Crippen LogP contribution in [-0.4, -0.2) is 4.98 Å². The SMILES string of the molecule is Cc1ccc2cnccc2c1C#N. The fraction of sp³-hybridized carbons (Fsp3) is 0.0909. The Bertz CT molecular complexity index is 495. The van der Waals surface area contributed by atoms with Crippen molar-refractivity contribution in [2.75, 3.05) is 0 Å². The van der Waals surface area contributed by atoms with Gasteiger partial charge >= 0.3 is 0 Å².